The van der Waals surface area contributed by atoms with Gasteiger partial charge < -0.3 is 10.2 Å². The van der Waals surface area contributed by atoms with Gasteiger partial charge in [-0.05, 0) is 24.3 Å². The molecule has 3 N–H and O–H groups in total. The van der Waals surface area contributed by atoms with Crippen LogP contribution in [0.25, 0.3) is 0 Å². The van der Waals surface area contributed by atoms with Gasteiger partial charge in [0.15, 0.2) is 0 Å². The Morgan fingerprint density at radius 3 is 1.50 bits per heavy atom. The van der Waals surface area contributed by atoms with E-state index in [0.29, 0.717) is 0 Å². The minimum Gasteiger partial charge on any atom is -0.308 e. The van der Waals surface area contributed by atoms with Crippen LogP contribution >= 0.6 is 7.59 Å². The summed E-state index contributed by atoms with van der Waals surface area (Å²) in [5.74, 6) is 0. The molecule has 0 radical (unpaired) electrons. The minimum absolute atomic E-state index is 0.175. The molecule has 0 aliphatic rings. The third-order valence-corrected chi connectivity index (χ3v) is 6.42. The lowest BCUT2D eigenvalue weighted by molar-refractivity contribution is -0.0441. The fourth-order valence-electron chi connectivity index (χ4n) is 1.68. The fraction of sp³-hybridized carbons (Fsp3) is 0.0769. The van der Waals surface area contributed by atoms with E-state index in [9.17, 15) is 26.2 Å². The normalized spacial score (nSPS) is 12.6. The number of halogens is 3. The van der Waals surface area contributed by atoms with Crippen LogP contribution in [0.4, 0.5) is 24.5 Å². The number of rotatable bonds is 6. The number of hydrogen-bond acceptors (Lipinski definition) is 3. The average Bonchev–Trinajstić information content (AvgIpc) is 2.47. The Bertz CT molecular complexity index is 784. The summed E-state index contributed by atoms with van der Waals surface area (Å²) in [5.41, 5.74) is -5.25. The molecular weight excluding hydrogens is 366 g/mol. The van der Waals surface area contributed by atoms with E-state index in [-0.39, 0.29) is 11.4 Å². The summed E-state index contributed by atoms with van der Waals surface area (Å²) >= 11 is 0. The lowest BCUT2D eigenvalue weighted by Crippen LogP contribution is -2.37. The number of alkyl halides is 3. The Labute approximate surface area is 136 Å². The Kier molecular flexibility index (Phi) is 5.22. The molecule has 6 nitrogen and oxygen atoms in total. The molecule has 0 heterocycles. The van der Waals surface area contributed by atoms with Gasteiger partial charge in [0, 0.05) is 11.4 Å². The van der Waals surface area contributed by atoms with Crippen LogP contribution in [0.3, 0.4) is 0 Å². The van der Waals surface area contributed by atoms with E-state index >= 15 is 0 Å². The second-order valence-corrected chi connectivity index (χ2v) is 8.47. The first-order valence-corrected chi connectivity index (χ1v) is 9.67. The molecule has 0 spiro atoms. The van der Waals surface area contributed by atoms with Crippen molar-refractivity contribution in [1.82, 2.24) is 4.49 Å². The number of para-hydroxylation sites is 2. The Hall–Kier alpha value is -2.03. The molecule has 0 saturated carbocycles. The van der Waals surface area contributed by atoms with E-state index < -0.39 is 23.1 Å². The third kappa shape index (κ3) is 4.73. The third-order valence-electron chi connectivity index (χ3n) is 2.67. The fourth-order valence-corrected chi connectivity index (χ4v) is 4.90. The molecule has 2 rings (SSSR count). The summed E-state index contributed by atoms with van der Waals surface area (Å²) in [6, 6.07) is 15.2. The first-order valence-electron chi connectivity index (χ1n) is 6.48. The van der Waals surface area contributed by atoms with E-state index in [1.54, 1.807) is 36.4 Å². The number of sulfonamides is 1. The topological polar surface area (TPSA) is 87.3 Å². The Morgan fingerprint density at radius 2 is 1.17 bits per heavy atom. The van der Waals surface area contributed by atoms with E-state index in [4.69, 9.17) is 0 Å². The summed E-state index contributed by atoms with van der Waals surface area (Å²) in [6.07, 6.45) is 0. The van der Waals surface area contributed by atoms with Crippen LogP contribution in [0.5, 0.6) is 0 Å². The van der Waals surface area contributed by atoms with Crippen LogP contribution in [0.2, 0.25) is 0 Å². The molecule has 0 unspecified atom stereocenters. The van der Waals surface area contributed by atoms with Gasteiger partial charge in [-0.15, -0.1) is 4.49 Å². The van der Waals surface area contributed by atoms with Crippen molar-refractivity contribution in [2.75, 3.05) is 10.2 Å². The molecule has 0 saturated heterocycles. The highest BCUT2D eigenvalue weighted by molar-refractivity contribution is 7.97. The van der Waals surface area contributed by atoms with Crippen molar-refractivity contribution in [3.63, 3.8) is 0 Å². The molecule has 0 aromatic heterocycles. The molecule has 0 aliphatic heterocycles. The number of hydrogen-bond donors (Lipinski definition) is 3. The SMILES string of the molecule is O=P(Nc1ccccc1)(Nc1ccccc1)NS(=O)(=O)C(F)(F)F. The van der Waals surface area contributed by atoms with E-state index in [0.717, 1.165) is 0 Å². The molecule has 0 bridgehead atoms. The Balaban J connectivity index is 2.36. The standard InChI is InChI=1S/C13H13F3N3O3PS/c14-13(15,16)24(21,22)19-23(20,17-11-7-3-1-4-8-11)18-12-9-5-2-6-10-12/h1-10H,(H3,17,18,19,20). The summed E-state index contributed by atoms with van der Waals surface area (Å²) in [7, 11) is -10.3. The first-order chi connectivity index (χ1) is 11.1. The minimum atomic E-state index is -5.83. The molecule has 2 aromatic carbocycles. The number of benzene rings is 2. The zero-order valence-corrected chi connectivity index (χ0v) is 13.7. The maximum Gasteiger partial charge on any atom is 0.511 e. The van der Waals surface area contributed by atoms with E-state index in [1.807, 2.05) is 0 Å². The molecular formula is C13H13F3N3O3PS. The summed E-state index contributed by atoms with van der Waals surface area (Å²) in [4.78, 5) is 0. The summed E-state index contributed by atoms with van der Waals surface area (Å²) in [5, 5.41) is 4.57. The van der Waals surface area contributed by atoms with Gasteiger partial charge in [-0.1, -0.05) is 36.4 Å². The smallest absolute Gasteiger partial charge is 0.308 e. The van der Waals surface area contributed by atoms with Crippen LogP contribution < -0.4 is 14.7 Å². The molecule has 11 heteroatoms. The molecule has 0 amide bonds. The molecule has 0 fully saturated rings. The molecule has 130 valence electrons. The van der Waals surface area contributed by atoms with Crippen molar-refractivity contribution in [2.24, 2.45) is 0 Å². The predicted molar refractivity (Wildman–Crippen MR) is 85.8 cm³/mol. The lowest BCUT2D eigenvalue weighted by atomic mass is 10.3. The second-order valence-electron chi connectivity index (χ2n) is 4.61. The average molecular weight is 379 g/mol. The van der Waals surface area contributed by atoms with Gasteiger partial charge in [0.25, 0.3) is 0 Å². The molecule has 2 aromatic rings. The predicted octanol–water partition coefficient (Wildman–Crippen LogP) is 3.76. The highest BCUT2D eigenvalue weighted by Gasteiger charge is 2.49. The van der Waals surface area contributed by atoms with Crippen molar-refractivity contribution in [3.05, 3.63) is 60.7 Å². The molecule has 0 atom stereocenters. The van der Waals surface area contributed by atoms with Crippen molar-refractivity contribution in [1.29, 1.82) is 0 Å². The summed E-state index contributed by atoms with van der Waals surface area (Å²) < 4.78 is 74.6. The van der Waals surface area contributed by atoms with E-state index in [2.05, 4.69) is 10.2 Å². The van der Waals surface area contributed by atoms with Gasteiger partial charge in [-0.2, -0.15) is 13.2 Å². The van der Waals surface area contributed by atoms with Gasteiger partial charge in [0.05, 0.1) is 0 Å². The van der Waals surface area contributed by atoms with Crippen LogP contribution in [0, 0.1) is 0 Å². The van der Waals surface area contributed by atoms with Gasteiger partial charge in [-0.25, -0.2) is 8.42 Å². The van der Waals surface area contributed by atoms with E-state index in [1.165, 1.54) is 28.8 Å². The van der Waals surface area contributed by atoms with Crippen LogP contribution in [0.1, 0.15) is 0 Å². The molecule has 24 heavy (non-hydrogen) atoms. The monoisotopic (exact) mass is 379 g/mol. The maximum atomic E-state index is 12.8. The zero-order chi connectivity index (χ0) is 17.8. The maximum absolute atomic E-state index is 12.8. The van der Waals surface area contributed by atoms with Crippen LogP contribution in [-0.2, 0) is 14.6 Å². The van der Waals surface area contributed by atoms with Crippen molar-refractivity contribution in [3.8, 4) is 0 Å². The zero-order valence-electron chi connectivity index (χ0n) is 12.0. The van der Waals surface area contributed by atoms with Gasteiger partial charge in [0.1, 0.15) is 0 Å². The van der Waals surface area contributed by atoms with Crippen molar-refractivity contribution >= 4 is 29.0 Å². The second kappa shape index (κ2) is 6.84. The Morgan fingerprint density at radius 1 is 0.792 bits per heavy atom. The molecule has 0 aliphatic carbocycles. The van der Waals surface area contributed by atoms with Gasteiger partial charge in [-0.3, -0.25) is 4.57 Å². The quantitative estimate of drug-likeness (QED) is 0.666. The highest BCUT2D eigenvalue weighted by atomic mass is 32.2. The van der Waals surface area contributed by atoms with Gasteiger partial charge >= 0.3 is 23.1 Å². The summed E-state index contributed by atoms with van der Waals surface area (Å²) in [6.45, 7) is 0. The number of anilines is 2. The van der Waals surface area contributed by atoms with Crippen LogP contribution in [-0.4, -0.2) is 13.9 Å². The lowest BCUT2D eigenvalue weighted by Gasteiger charge is -2.23. The first kappa shape index (κ1) is 18.3. The highest BCUT2D eigenvalue weighted by Crippen LogP contribution is 2.44. The van der Waals surface area contributed by atoms with Gasteiger partial charge in [0.2, 0.25) is 0 Å². The van der Waals surface area contributed by atoms with Crippen LogP contribution in [0.15, 0.2) is 60.7 Å². The van der Waals surface area contributed by atoms with Crippen molar-refractivity contribution in [2.45, 2.75) is 5.51 Å². The largest absolute Gasteiger partial charge is 0.511 e. The van der Waals surface area contributed by atoms with Crippen molar-refractivity contribution < 1.29 is 26.2 Å². The number of nitrogens with one attached hydrogen (secondary N) is 3.